The van der Waals surface area contributed by atoms with Crippen LogP contribution in [-0.4, -0.2) is 16.6 Å². The van der Waals surface area contributed by atoms with Crippen molar-refractivity contribution in [2.45, 2.75) is 29.8 Å². The zero-order valence-electron chi connectivity index (χ0n) is 6.22. The number of halogens is 1. The highest BCUT2D eigenvalue weighted by Gasteiger charge is 2.13. The summed E-state index contributed by atoms with van der Waals surface area (Å²) in [6.07, 6.45) is 7.12. The molecule has 2 atom stereocenters. The molecule has 0 aliphatic carbocycles. The molecule has 1 heterocycles. The second-order valence-corrected chi connectivity index (χ2v) is 4.19. The molecule has 0 unspecified atom stereocenters. The molecule has 1 aliphatic heterocycles. The molecule has 0 bridgehead atoms. The van der Waals surface area contributed by atoms with Gasteiger partial charge in [-0.2, -0.15) is 0 Å². The van der Waals surface area contributed by atoms with Gasteiger partial charge in [0.1, 0.15) is 0 Å². The van der Waals surface area contributed by atoms with Crippen molar-refractivity contribution in [1.82, 2.24) is 0 Å². The van der Waals surface area contributed by atoms with Crippen LogP contribution in [0.25, 0.3) is 0 Å². The second kappa shape index (κ2) is 4.34. The molecule has 0 saturated heterocycles. The summed E-state index contributed by atoms with van der Waals surface area (Å²) in [4.78, 5) is 0. The van der Waals surface area contributed by atoms with Gasteiger partial charge in [0.05, 0.1) is 12.7 Å². The first-order valence-electron chi connectivity index (χ1n) is 3.71. The minimum Gasteiger partial charge on any atom is -0.377 e. The van der Waals surface area contributed by atoms with E-state index in [4.69, 9.17) is 4.74 Å². The predicted octanol–water partition coefficient (Wildman–Crippen LogP) is 2.55. The lowest BCUT2D eigenvalue weighted by atomic mass is 10.2. The van der Waals surface area contributed by atoms with E-state index < -0.39 is 0 Å². The zero-order valence-corrected chi connectivity index (χ0v) is 8.37. The van der Waals surface area contributed by atoms with Gasteiger partial charge in [-0.3, -0.25) is 0 Å². The molecule has 2 heteroatoms. The van der Waals surface area contributed by atoms with Crippen molar-refractivity contribution < 1.29 is 4.74 Å². The maximum absolute atomic E-state index is 5.54. The van der Waals surface area contributed by atoms with Crippen LogP contribution in [0.1, 0.15) is 19.8 Å². The normalized spacial score (nSPS) is 38.2. The summed E-state index contributed by atoms with van der Waals surface area (Å²) in [5.41, 5.74) is 0. The molecule has 10 heavy (non-hydrogen) atoms. The van der Waals surface area contributed by atoms with Gasteiger partial charge < -0.3 is 4.74 Å². The van der Waals surface area contributed by atoms with E-state index >= 15 is 0 Å². The van der Waals surface area contributed by atoms with Crippen LogP contribution in [0.2, 0.25) is 0 Å². The van der Waals surface area contributed by atoms with Gasteiger partial charge in [0.25, 0.3) is 0 Å². The summed E-state index contributed by atoms with van der Waals surface area (Å²) >= 11 is 2.45. The van der Waals surface area contributed by atoms with Gasteiger partial charge >= 0.3 is 0 Å². The lowest BCUT2D eigenvalue weighted by Crippen LogP contribution is -2.21. The molecule has 58 valence electrons. The molecule has 0 aromatic rings. The molecule has 1 aliphatic rings. The van der Waals surface area contributed by atoms with Crippen LogP contribution in [-0.2, 0) is 4.74 Å². The molecule has 0 fully saturated rings. The van der Waals surface area contributed by atoms with Gasteiger partial charge in [0.2, 0.25) is 0 Å². The molecule has 0 spiro atoms. The topological polar surface area (TPSA) is 9.23 Å². The third kappa shape index (κ3) is 2.58. The number of rotatable bonds is 0. The van der Waals surface area contributed by atoms with Crippen LogP contribution in [0.3, 0.4) is 0 Å². The molecule has 0 amide bonds. The summed E-state index contributed by atoms with van der Waals surface area (Å²) in [7, 11) is 0. The Morgan fingerprint density at radius 2 is 2.30 bits per heavy atom. The van der Waals surface area contributed by atoms with Crippen molar-refractivity contribution in [3.8, 4) is 0 Å². The van der Waals surface area contributed by atoms with E-state index in [1.54, 1.807) is 0 Å². The minimum atomic E-state index is 0.422. The zero-order chi connectivity index (χ0) is 7.40. The van der Waals surface area contributed by atoms with Gasteiger partial charge in [-0.05, 0) is 19.8 Å². The van der Waals surface area contributed by atoms with Crippen LogP contribution in [0.15, 0.2) is 12.2 Å². The number of allylic oxidation sites excluding steroid dienone is 1. The molecular formula is C8H13IO. The van der Waals surface area contributed by atoms with Crippen molar-refractivity contribution in [3.63, 3.8) is 0 Å². The van der Waals surface area contributed by atoms with E-state index in [2.05, 4.69) is 41.7 Å². The fraction of sp³-hybridized carbons (Fsp3) is 0.750. The van der Waals surface area contributed by atoms with Crippen LogP contribution in [0.5, 0.6) is 0 Å². The molecule has 1 nitrogen and oxygen atoms in total. The molecule has 0 aromatic carbocycles. The Labute approximate surface area is 76.0 Å². The Kier molecular flexibility index (Phi) is 3.70. The first-order valence-corrected chi connectivity index (χ1v) is 4.96. The van der Waals surface area contributed by atoms with E-state index in [0.717, 1.165) is 19.4 Å². The van der Waals surface area contributed by atoms with Gasteiger partial charge in [-0.15, -0.1) is 0 Å². The molecule has 1 rings (SSSR count). The SMILES string of the molecule is C[C@@H]1OCC/C=C\C[C@@H]1I. The van der Waals surface area contributed by atoms with Gasteiger partial charge in [-0.1, -0.05) is 34.7 Å². The van der Waals surface area contributed by atoms with Crippen LogP contribution >= 0.6 is 22.6 Å². The Hall–Kier alpha value is 0.430. The lowest BCUT2D eigenvalue weighted by molar-refractivity contribution is 0.0694. The van der Waals surface area contributed by atoms with Crippen molar-refractivity contribution >= 4 is 22.6 Å². The third-order valence-corrected chi connectivity index (χ3v) is 3.22. The first kappa shape index (κ1) is 8.53. The standard InChI is InChI=1S/C8H13IO/c1-7-8(9)5-3-2-4-6-10-7/h2-3,7-8H,4-6H2,1H3/b3-2-/t7-,8-/m0/s1. The quantitative estimate of drug-likeness (QED) is 0.365. The molecule has 0 aromatic heterocycles. The molecule has 0 saturated carbocycles. The van der Waals surface area contributed by atoms with Gasteiger partial charge in [0.15, 0.2) is 0 Å². The van der Waals surface area contributed by atoms with Crippen molar-refractivity contribution in [2.75, 3.05) is 6.61 Å². The highest BCUT2D eigenvalue weighted by Crippen LogP contribution is 2.16. The number of ether oxygens (including phenoxy) is 1. The first-order chi connectivity index (χ1) is 4.80. The van der Waals surface area contributed by atoms with Crippen LogP contribution < -0.4 is 0 Å². The molecule has 0 N–H and O–H groups in total. The largest absolute Gasteiger partial charge is 0.377 e. The summed E-state index contributed by atoms with van der Waals surface area (Å²) in [6, 6.07) is 0. The maximum Gasteiger partial charge on any atom is 0.0667 e. The second-order valence-electron chi connectivity index (χ2n) is 2.59. The summed E-state index contributed by atoms with van der Waals surface area (Å²) in [5.74, 6) is 0. The smallest absolute Gasteiger partial charge is 0.0667 e. The average molecular weight is 252 g/mol. The van der Waals surface area contributed by atoms with Gasteiger partial charge in [-0.25, -0.2) is 0 Å². The molecular weight excluding hydrogens is 239 g/mol. The Balaban J connectivity index is 2.41. The van der Waals surface area contributed by atoms with Crippen molar-refractivity contribution in [3.05, 3.63) is 12.2 Å². The molecule has 0 radical (unpaired) electrons. The van der Waals surface area contributed by atoms with E-state index in [9.17, 15) is 0 Å². The average Bonchev–Trinajstić information content (AvgIpc) is 1.92. The van der Waals surface area contributed by atoms with Crippen molar-refractivity contribution in [1.29, 1.82) is 0 Å². The van der Waals surface area contributed by atoms with E-state index in [1.165, 1.54) is 0 Å². The monoisotopic (exact) mass is 252 g/mol. The predicted molar refractivity (Wildman–Crippen MR) is 51.6 cm³/mol. The third-order valence-electron chi connectivity index (χ3n) is 1.70. The van der Waals surface area contributed by atoms with Crippen molar-refractivity contribution in [2.24, 2.45) is 0 Å². The highest BCUT2D eigenvalue weighted by molar-refractivity contribution is 14.1. The van der Waals surface area contributed by atoms with E-state index in [1.807, 2.05) is 0 Å². The fourth-order valence-corrected chi connectivity index (χ4v) is 1.46. The Morgan fingerprint density at radius 3 is 3.10 bits per heavy atom. The van der Waals surface area contributed by atoms with E-state index in [0.29, 0.717) is 10.0 Å². The minimum absolute atomic E-state index is 0.422. The number of alkyl halides is 1. The number of hydrogen-bond donors (Lipinski definition) is 0. The fourth-order valence-electron chi connectivity index (χ4n) is 0.962. The maximum atomic E-state index is 5.54. The highest BCUT2D eigenvalue weighted by atomic mass is 127. The summed E-state index contributed by atoms with van der Waals surface area (Å²) in [5, 5.41) is 0. The summed E-state index contributed by atoms with van der Waals surface area (Å²) in [6.45, 7) is 3.04. The lowest BCUT2D eigenvalue weighted by Gasteiger charge is -2.19. The van der Waals surface area contributed by atoms with E-state index in [-0.39, 0.29) is 0 Å². The number of hydrogen-bond acceptors (Lipinski definition) is 1. The van der Waals surface area contributed by atoms with Crippen LogP contribution in [0, 0.1) is 0 Å². The Morgan fingerprint density at radius 1 is 1.50 bits per heavy atom. The van der Waals surface area contributed by atoms with Gasteiger partial charge in [0, 0.05) is 3.92 Å². The summed E-state index contributed by atoms with van der Waals surface area (Å²) < 4.78 is 6.18. The Bertz CT molecular complexity index is 122. The van der Waals surface area contributed by atoms with Crippen LogP contribution in [0.4, 0.5) is 0 Å².